The second kappa shape index (κ2) is 5.91. The highest BCUT2D eigenvalue weighted by Gasteiger charge is 2.15. The fourth-order valence-corrected chi connectivity index (χ4v) is 1.78. The normalized spacial score (nSPS) is 12.8. The first-order valence-electron chi connectivity index (χ1n) is 5.32. The molecule has 1 aromatic rings. The quantitative estimate of drug-likeness (QED) is 0.829. The summed E-state index contributed by atoms with van der Waals surface area (Å²) in [6, 6.07) is 0.315. The van der Waals surface area contributed by atoms with Crippen molar-refractivity contribution in [2.24, 2.45) is 0 Å². The molecule has 1 atom stereocenters. The van der Waals surface area contributed by atoms with Gasteiger partial charge in [0.1, 0.15) is 4.88 Å². The van der Waals surface area contributed by atoms with Crippen LogP contribution in [0.5, 0.6) is 0 Å². The van der Waals surface area contributed by atoms with Gasteiger partial charge in [-0.25, -0.2) is 0 Å². The van der Waals surface area contributed by atoms with Crippen molar-refractivity contribution in [3.8, 4) is 0 Å². The lowest BCUT2D eigenvalue weighted by Crippen LogP contribution is -2.38. The minimum atomic E-state index is -0.0689. The van der Waals surface area contributed by atoms with Crippen molar-refractivity contribution in [3.63, 3.8) is 0 Å². The van der Waals surface area contributed by atoms with Crippen LogP contribution in [0.1, 0.15) is 29.2 Å². The highest BCUT2D eigenvalue weighted by Crippen LogP contribution is 2.10. The van der Waals surface area contributed by atoms with E-state index in [0.717, 1.165) is 23.6 Å². The lowest BCUT2D eigenvalue weighted by atomic mass is 10.2. The number of carbonyl (C=O) groups is 1. The second-order valence-electron chi connectivity index (χ2n) is 3.92. The number of amides is 1. The number of hydrogen-bond donors (Lipinski definition) is 1. The van der Waals surface area contributed by atoms with Gasteiger partial charge in [0.15, 0.2) is 0 Å². The average Bonchev–Trinajstić information content (AvgIpc) is 2.73. The number of aromatic nitrogens is 2. The molecule has 1 N–H and O–H groups in total. The zero-order valence-electron chi connectivity index (χ0n) is 10.1. The Kier molecular flexibility index (Phi) is 4.82. The second-order valence-corrected chi connectivity index (χ2v) is 4.68. The van der Waals surface area contributed by atoms with E-state index in [0.29, 0.717) is 17.5 Å². The van der Waals surface area contributed by atoms with Gasteiger partial charge < -0.3 is 10.2 Å². The molecule has 0 bridgehead atoms. The van der Waals surface area contributed by atoms with E-state index in [1.54, 1.807) is 0 Å². The largest absolute Gasteiger partial charge is 0.350 e. The SMILES string of the molecule is CCc1nnsc1C(=O)NC[C@@H](C)N(C)C. The number of hydrogen-bond acceptors (Lipinski definition) is 5. The predicted molar refractivity (Wildman–Crippen MR) is 64.8 cm³/mol. The Labute approximate surface area is 100 Å². The van der Waals surface area contributed by atoms with Crippen molar-refractivity contribution in [2.45, 2.75) is 26.3 Å². The van der Waals surface area contributed by atoms with Crippen LogP contribution in [-0.4, -0.2) is 47.1 Å². The van der Waals surface area contributed by atoms with Crippen LogP contribution in [0.3, 0.4) is 0 Å². The molecule has 0 radical (unpaired) electrons. The van der Waals surface area contributed by atoms with Crippen molar-refractivity contribution in [1.82, 2.24) is 19.8 Å². The Balaban J connectivity index is 2.53. The third-order valence-corrected chi connectivity index (χ3v) is 3.30. The maximum absolute atomic E-state index is 11.8. The molecular weight excluding hydrogens is 224 g/mol. The molecule has 1 rings (SSSR count). The molecule has 5 nitrogen and oxygen atoms in total. The first kappa shape index (κ1) is 13.1. The molecule has 1 aromatic heterocycles. The molecule has 1 amide bonds. The Morgan fingerprint density at radius 1 is 1.56 bits per heavy atom. The molecule has 0 aromatic carbocycles. The minimum absolute atomic E-state index is 0.0689. The van der Waals surface area contributed by atoms with E-state index >= 15 is 0 Å². The molecular formula is C10H18N4OS. The van der Waals surface area contributed by atoms with Crippen molar-refractivity contribution in [2.75, 3.05) is 20.6 Å². The smallest absolute Gasteiger partial charge is 0.265 e. The molecule has 16 heavy (non-hydrogen) atoms. The number of rotatable bonds is 5. The van der Waals surface area contributed by atoms with Crippen molar-refractivity contribution >= 4 is 17.4 Å². The lowest BCUT2D eigenvalue weighted by molar-refractivity contribution is 0.0946. The fraction of sp³-hybridized carbons (Fsp3) is 0.700. The summed E-state index contributed by atoms with van der Waals surface area (Å²) >= 11 is 1.16. The Bertz CT molecular complexity index is 350. The zero-order valence-corrected chi connectivity index (χ0v) is 11.0. The third kappa shape index (κ3) is 3.24. The summed E-state index contributed by atoms with van der Waals surface area (Å²) in [7, 11) is 3.98. The minimum Gasteiger partial charge on any atom is -0.350 e. The standard InChI is InChI=1S/C10H18N4OS/c1-5-8-9(16-13-12-8)10(15)11-6-7(2)14(3)4/h7H,5-6H2,1-4H3,(H,11,15)/t7-/m1/s1. The van der Waals surface area contributed by atoms with Crippen LogP contribution in [0, 0.1) is 0 Å². The number of likely N-dealkylation sites (N-methyl/N-ethyl adjacent to an activating group) is 1. The lowest BCUT2D eigenvalue weighted by Gasteiger charge is -2.19. The van der Waals surface area contributed by atoms with E-state index in [4.69, 9.17) is 0 Å². The molecule has 0 aliphatic carbocycles. The molecule has 0 saturated heterocycles. The number of nitrogens with one attached hydrogen (secondary N) is 1. The Morgan fingerprint density at radius 3 is 2.81 bits per heavy atom. The van der Waals surface area contributed by atoms with E-state index < -0.39 is 0 Å². The van der Waals surface area contributed by atoms with E-state index in [-0.39, 0.29) is 5.91 Å². The molecule has 0 fully saturated rings. The van der Waals surface area contributed by atoms with Gasteiger partial charge >= 0.3 is 0 Å². The fourth-order valence-electron chi connectivity index (χ4n) is 1.12. The average molecular weight is 242 g/mol. The van der Waals surface area contributed by atoms with Gasteiger partial charge in [0.05, 0.1) is 5.69 Å². The van der Waals surface area contributed by atoms with Crippen LogP contribution in [0.4, 0.5) is 0 Å². The highest BCUT2D eigenvalue weighted by atomic mass is 32.1. The van der Waals surface area contributed by atoms with Gasteiger partial charge in [0.25, 0.3) is 5.91 Å². The Hall–Kier alpha value is -1.01. The van der Waals surface area contributed by atoms with Crippen LogP contribution in [0.15, 0.2) is 0 Å². The maximum Gasteiger partial charge on any atom is 0.265 e. The van der Waals surface area contributed by atoms with Crippen molar-refractivity contribution in [3.05, 3.63) is 10.6 Å². The summed E-state index contributed by atoms with van der Waals surface area (Å²) in [5, 5.41) is 6.81. The summed E-state index contributed by atoms with van der Waals surface area (Å²) in [6.07, 6.45) is 0.739. The molecule has 0 saturated carbocycles. The van der Waals surface area contributed by atoms with Gasteiger partial charge in [-0.05, 0) is 39.0 Å². The number of aryl methyl sites for hydroxylation is 1. The summed E-state index contributed by atoms with van der Waals surface area (Å²) in [5.41, 5.74) is 0.778. The maximum atomic E-state index is 11.8. The summed E-state index contributed by atoms with van der Waals surface area (Å²) in [6.45, 7) is 4.66. The Morgan fingerprint density at radius 2 is 2.25 bits per heavy atom. The number of nitrogens with zero attached hydrogens (tertiary/aromatic N) is 3. The van der Waals surface area contributed by atoms with Crippen molar-refractivity contribution < 1.29 is 4.79 Å². The monoisotopic (exact) mass is 242 g/mol. The summed E-state index contributed by atoms with van der Waals surface area (Å²) < 4.78 is 3.80. The van der Waals surface area contributed by atoms with Gasteiger partial charge in [0.2, 0.25) is 0 Å². The van der Waals surface area contributed by atoms with E-state index in [1.807, 2.05) is 21.0 Å². The van der Waals surface area contributed by atoms with Crippen LogP contribution in [0.2, 0.25) is 0 Å². The zero-order chi connectivity index (χ0) is 12.1. The van der Waals surface area contributed by atoms with E-state index in [9.17, 15) is 4.79 Å². The highest BCUT2D eigenvalue weighted by molar-refractivity contribution is 7.08. The molecule has 0 spiro atoms. The van der Waals surface area contributed by atoms with Crippen LogP contribution < -0.4 is 5.32 Å². The van der Waals surface area contributed by atoms with Gasteiger partial charge in [-0.1, -0.05) is 11.4 Å². The summed E-state index contributed by atoms with van der Waals surface area (Å²) in [5.74, 6) is -0.0689. The van der Waals surface area contributed by atoms with Crippen LogP contribution in [-0.2, 0) is 6.42 Å². The summed E-state index contributed by atoms with van der Waals surface area (Å²) in [4.78, 5) is 14.5. The van der Waals surface area contributed by atoms with Gasteiger partial charge in [-0.15, -0.1) is 5.10 Å². The van der Waals surface area contributed by atoms with Crippen molar-refractivity contribution in [1.29, 1.82) is 0 Å². The first-order chi connectivity index (χ1) is 7.56. The third-order valence-electron chi connectivity index (χ3n) is 2.54. The van der Waals surface area contributed by atoms with Gasteiger partial charge in [0, 0.05) is 12.6 Å². The first-order valence-corrected chi connectivity index (χ1v) is 6.09. The molecule has 0 unspecified atom stereocenters. The topological polar surface area (TPSA) is 58.1 Å². The molecule has 1 heterocycles. The van der Waals surface area contributed by atoms with Crippen LogP contribution >= 0.6 is 11.5 Å². The number of carbonyl (C=O) groups excluding carboxylic acids is 1. The van der Waals surface area contributed by atoms with Crippen LogP contribution in [0.25, 0.3) is 0 Å². The van der Waals surface area contributed by atoms with Gasteiger partial charge in [-0.3, -0.25) is 4.79 Å². The van der Waals surface area contributed by atoms with E-state index in [1.165, 1.54) is 0 Å². The molecule has 0 aliphatic heterocycles. The molecule has 90 valence electrons. The van der Waals surface area contributed by atoms with Gasteiger partial charge in [-0.2, -0.15) is 0 Å². The molecule has 0 aliphatic rings. The predicted octanol–water partition coefficient (Wildman–Crippen LogP) is 0.780. The van der Waals surface area contributed by atoms with E-state index in [2.05, 4.69) is 26.7 Å². The molecule has 6 heteroatoms.